The minimum Gasteiger partial charge on any atom is -0.490 e. The SMILES string of the molecule is CC1=NC(C)=C(OC(=O)OCCOc2cccc(C(F)(F)F)c2)C(c2cccc([N+](=O)[O-])c2)C1OC(=O)OC(C)C. The summed E-state index contributed by atoms with van der Waals surface area (Å²) in [5, 5.41) is 11.4. The molecule has 220 valence electrons. The van der Waals surface area contributed by atoms with Crippen molar-refractivity contribution in [1.82, 2.24) is 0 Å². The van der Waals surface area contributed by atoms with E-state index >= 15 is 0 Å². The van der Waals surface area contributed by atoms with Crippen molar-refractivity contribution >= 4 is 23.7 Å². The van der Waals surface area contributed by atoms with Crippen LogP contribution >= 0.6 is 0 Å². The number of allylic oxidation sites excluding steroid dienone is 1. The van der Waals surface area contributed by atoms with Gasteiger partial charge in [0.2, 0.25) is 0 Å². The molecule has 2 aromatic carbocycles. The first kappa shape index (κ1) is 30.9. The zero-order valence-corrected chi connectivity index (χ0v) is 22.5. The average molecular weight is 581 g/mol. The van der Waals surface area contributed by atoms with Crippen molar-refractivity contribution in [3.05, 3.63) is 81.2 Å². The molecule has 0 aliphatic carbocycles. The maximum absolute atomic E-state index is 12.9. The van der Waals surface area contributed by atoms with E-state index in [0.29, 0.717) is 5.71 Å². The van der Waals surface area contributed by atoms with Crippen LogP contribution in [0.1, 0.15) is 44.7 Å². The number of halogens is 3. The van der Waals surface area contributed by atoms with Gasteiger partial charge >= 0.3 is 18.5 Å². The van der Waals surface area contributed by atoms with Gasteiger partial charge < -0.3 is 23.7 Å². The molecule has 0 aromatic heterocycles. The van der Waals surface area contributed by atoms with Crippen molar-refractivity contribution in [2.45, 2.75) is 52.0 Å². The summed E-state index contributed by atoms with van der Waals surface area (Å²) in [5.41, 5.74) is -0.335. The topological polar surface area (TPSA) is 136 Å². The summed E-state index contributed by atoms with van der Waals surface area (Å²) in [7, 11) is 0. The summed E-state index contributed by atoms with van der Waals surface area (Å²) in [4.78, 5) is 40.1. The molecule has 0 N–H and O–H groups in total. The van der Waals surface area contributed by atoms with E-state index in [1.807, 2.05) is 0 Å². The van der Waals surface area contributed by atoms with E-state index in [4.69, 9.17) is 23.7 Å². The minimum absolute atomic E-state index is 0.0774. The molecule has 0 saturated heterocycles. The predicted molar refractivity (Wildman–Crippen MR) is 138 cm³/mol. The smallest absolute Gasteiger partial charge is 0.490 e. The zero-order chi connectivity index (χ0) is 30.3. The molecule has 1 aliphatic heterocycles. The maximum atomic E-state index is 12.9. The molecule has 0 spiro atoms. The van der Waals surface area contributed by atoms with Crippen LogP contribution in [0.3, 0.4) is 0 Å². The highest BCUT2D eigenvalue weighted by molar-refractivity contribution is 5.91. The molecule has 0 bridgehead atoms. The van der Waals surface area contributed by atoms with E-state index < -0.39 is 47.1 Å². The van der Waals surface area contributed by atoms with Gasteiger partial charge in [-0.15, -0.1) is 0 Å². The van der Waals surface area contributed by atoms with Crippen molar-refractivity contribution < 1.29 is 51.4 Å². The zero-order valence-electron chi connectivity index (χ0n) is 22.5. The van der Waals surface area contributed by atoms with Gasteiger partial charge in [-0.3, -0.25) is 15.1 Å². The predicted octanol–water partition coefficient (Wildman–Crippen LogP) is 6.57. The summed E-state index contributed by atoms with van der Waals surface area (Å²) < 4.78 is 64.9. The number of carbonyl (C=O) groups excluding carboxylic acids is 2. The van der Waals surface area contributed by atoms with Gasteiger partial charge in [-0.05, 0) is 51.5 Å². The Morgan fingerprint density at radius 1 is 1.05 bits per heavy atom. The quantitative estimate of drug-likeness (QED) is 0.140. The highest BCUT2D eigenvalue weighted by Crippen LogP contribution is 2.39. The molecule has 41 heavy (non-hydrogen) atoms. The van der Waals surface area contributed by atoms with Crippen LogP contribution in [0.25, 0.3) is 0 Å². The van der Waals surface area contributed by atoms with Crippen LogP contribution in [0.5, 0.6) is 5.75 Å². The molecule has 11 nitrogen and oxygen atoms in total. The fraction of sp³-hybridized carbons (Fsp3) is 0.370. The average Bonchev–Trinajstić information content (AvgIpc) is 2.88. The summed E-state index contributed by atoms with van der Waals surface area (Å²) in [5.74, 6) is -1.21. The minimum atomic E-state index is -4.55. The number of nitro groups is 1. The molecule has 2 atom stereocenters. The lowest BCUT2D eigenvalue weighted by Crippen LogP contribution is -2.37. The van der Waals surface area contributed by atoms with E-state index in [1.54, 1.807) is 20.8 Å². The van der Waals surface area contributed by atoms with E-state index in [9.17, 15) is 32.9 Å². The second-order valence-electron chi connectivity index (χ2n) is 9.06. The third-order valence-electron chi connectivity index (χ3n) is 5.62. The highest BCUT2D eigenvalue weighted by atomic mass is 19.4. The molecule has 0 radical (unpaired) electrons. The van der Waals surface area contributed by atoms with E-state index in [0.717, 1.165) is 12.1 Å². The first-order valence-electron chi connectivity index (χ1n) is 12.3. The molecule has 2 aromatic rings. The van der Waals surface area contributed by atoms with E-state index in [1.165, 1.54) is 43.3 Å². The van der Waals surface area contributed by atoms with Gasteiger partial charge in [0.1, 0.15) is 24.7 Å². The largest absolute Gasteiger partial charge is 0.513 e. The van der Waals surface area contributed by atoms with Gasteiger partial charge in [-0.2, -0.15) is 13.2 Å². The van der Waals surface area contributed by atoms with Crippen LogP contribution in [-0.2, 0) is 25.1 Å². The standard InChI is InChI=1S/C27H27F3N2O9/c1-15(2)39-26(34)41-24-17(4)31-16(3)23(22(24)18-7-5-9-20(13-18)32(35)36)40-25(33)38-12-11-37-21-10-6-8-19(14-21)27(28,29)30/h5-10,13-15,22,24H,11-12H2,1-4H3. The highest BCUT2D eigenvalue weighted by Gasteiger charge is 2.40. The molecule has 1 aliphatic rings. The van der Waals surface area contributed by atoms with Crippen LogP contribution < -0.4 is 4.74 Å². The monoisotopic (exact) mass is 580 g/mol. The second kappa shape index (κ2) is 13.2. The summed E-state index contributed by atoms with van der Waals surface area (Å²) in [6.45, 7) is 5.66. The van der Waals surface area contributed by atoms with Gasteiger partial charge in [0.25, 0.3) is 5.69 Å². The van der Waals surface area contributed by atoms with E-state index in [-0.39, 0.29) is 41.7 Å². The molecule has 14 heteroatoms. The molecule has 1 heterocycles. The Labute approximate surface area is 232 Å². The van der Waals surface area contributed by atoms with Crippen molar-refractivity contribution in [1.29, 1.82) is 0 Å². The van der Waals surface area contributed by atoms with Crippen LogP contribution in [0.2, 0.25) is 0 Å². The first-order valence-corrected chi connectivity index (χ1v) is 12.3. The molecule has 0 fully saturated rings. The van der Waals surface area contributed by atoms with Gasteiger partial charge in [-0.25, -0.2) is 9.59 Å². The van der Waals surface area contributed by atoms with Crippen molar-refractivity contribution in [2.24, 2.45) is 4.99 Å². The molecule has 0 amide bonds. The number of nitrogens with zero attached hydrogens (tertiary/aromatic N) is 2. The van der Waals surface area contributed by atoms with Gasteiger partial charge in [0, 0.05) is 12.1 Å². The Morgan fingerprint density at radius 2 is 1.76 bits per heavy atom. The molecule has 2 unspecified atom stereocenters. The number of nitro benzene ring substituents is 1. The van der Waals surface area contributed by atoms with E-state index in [2.05, 4.69) is 4.99 Å². The number of benzene rings is 2. The first-order chi connectivity index (χ1) is 19.3. The Bertz CT molecular complexity index is 1360. The lowest BCUT2D eigenvalue weighted by Gasteiger charge is -2.32. The lowest BCUT2D eigenvalue weighted by atomic mass is 9.86. The van der Waals surface area contributed by atoms with Crippen molar-refractivity contribution in [3.63, 3.8) is 0 Å². The van der Waals surface area contributed by atoms with Crippen molar-refractivity contribution in [3.8, 4) is 5.75 Å². The lowest BCUT2D eigenvalue weighted by molar-refractivity contribution is -0.384. The Balaban J connectivity index is 1.77. The number of aliphatic imine (C=N–C) groups is 1. The number of hydrogen-bond acceptors (Lipinski definition) is 10. The number of ether oxygens (including phenoxy) is 5. The Morgan fingerprint density at radius 3 is 2.41 bits per heavy atom. The third kappa shape index (κ3) is 8.43. The van der Waals surface area contributed by atoms with Gasteiger partial charge in [0.05, 0.1) is 33.9 Å². The molecule has 0 saturated carbocycles. The van der Waals surface area contributed by atoms with Gasteiger partial charge in [-0.1, -0.05) is 18.2 Å². The van der Waals surface area contributed by atoms with Crippen LogP contribution in [-0.4, -0.2) is 48.4 Å². The number of hydrogen-bond donors (Lipinski definition) is 0. The molecular formula is C27H27F3N2O9. The van der Waals surface area contributed by atoms with Crippen LogP contribution in [0, 0.1) is 10.1 Å². The summed E-state index contributed by atoms with van der Waals surface area (Å²) in [6.07, 6.45) is -8.43. The summed E-state index contributed by atoms with van der Waals surface area (Å²) in [6, 6.07) is 9.67. The number of rotatable bonds is 9. The van der Waals surface area contributed by atoms with Crippen LogP contribution in [0.15, 0.2) is 65.0 Å². The second-order valence-corrected chi connectivity index (χ2v) is 9.06. The Kier molecular flexibility index (Phi) is 9.92. The number of alkyl halides is 3. The number of non-ortho nitro benzene ring substituents is 1. The molecule has 3 rings (SSSR count). The summed E-state index contributed by atoms with van der Waals surface area (Å²) >= 11 is 0. The molecular weight excluding hydrogens is 553 g/mol. The normalized spacial score (nSPS) is 17.0. The van der Waals surface area contributed by atoms with Crippen LogP contribution in [0.4, 0.5) is 28.4 Å². The Hall–Kier alpha value is -4.62. The third-order valence-corrected chi connectivity index (χ3v) is 5.62. The van der Waals surface area contributed by atoms with Gasteiger partial charge in [0.15, 0.2) is 6.10 Å². The fourth-order valence-corrected chi connectivity index (χ4v) is 3.93. The fourth-order valence-electron chi connectivity index (χ4n) is 3.93. The maximum Gasteiger partial charge on any atom is 0.513 e. The van der Waals surface area contributed by atoms with Crippen molar-refractivity contribution in [2.75, 3.05) is 13.2 Å². The number of carbonyl (C=O) groups is 2.